The minimum absolute atomic E-state index is 0.148. The standard InChI is InChI=1S/C22H27Cl2N3O2/c1-16(20-8-7-19(23)13-21(20)24)26(2)22(28)25-14-17-5-3-4-6-18(17)15-27-9-11-29-12-10-27/h3-8,13,16H,9-12,14-15H2,1-2H3,(H,25,28)/t16-/m0/s1. The molecule has 2 amide bonds. The van der Waals surface area contributed by atoms with Gasteiger partial charge in [0.15, 0.2) is 0 Å². The highest BCUT2D eigenvalue weighted by Crippen LogP contribution is 2.29. The first kappa shape index (κ1) is 21.9. The topological polar surface area (TPSA) is 44.8 Å². The number of amides is 2. The fourth-order valence-corrected chi connectivity index (χ4v) is 3.97. The molecule has 7 heteroatoms. The van der Waals surface area contributed by atoms with Gasteiger partial charge in [-0.1, -0.05) is 53.5 Å². The Hall–Kier alpha value is -1.79. The van der Waals surface area contributed by atoms with Crippen LogP contribution in [-0.2, 0) is 17.8 Å². The Morgan fingerprint density at radius 3 is 2.55 bits per heavy atom. The van der Waals surface area contributed by atoms with E-state index in [1.54, 1.807) is 24.1 Å². The predicted molar refractivity (Wildman–Crippen MR) is 117 cm³/mol. The lowest BCUT2D eigenvalue weighted by Gasteiger charge is -2.28. The summed E-state index contributed by atoms with van der Waals surface area (Å²) in [6.07, 6.45) is 0. The van der Waals surface area contributed by atoms with Crippen molar-refractivity contribution in [2.24, 2.45) is 0 Å². The molecule has 29 heavy (non-hydrogen) atoms. The van der Waals surface area contributed by atoms with Gasteiger partial charge in [-0.05, 0) is 35.7 Å². The number of morpholine rings is 1. The number of rotatable bonds is 6. The number of ether oxygens (including phenoxy) is 1. The van der Waals surface area contributed by atoms with Crippen molar-refractivity contribution in [3.63, 3.8) is 0 Å². The van der Waals surface area contributed by atoms with Gasteiger partial charge < -0.3 is 15.0 Å². The molecule has 156 valence electrons. The molecule has 3 rings (SSSR count). The second-order valence-corrected chi connectivity index (χ2v) is 8.11. The van der Waals surface area contributed by atoms with E-state index in [0.717, 1.165) is 44.0 Å². The first-order chi connectivity index (χ1) is 14.0. The van der Waals surface area contributed by atoms with Gasteiger partial charge in [0.05, 0.1) is 19.3 Å². The Labute approximate surface area is 182 Å². The third-order valence-corrected chi connectivity index (χ3v) is 5.92. The number of hydrogen-bond donors (Lipinski definition) is 1. The average Bonchev–Trinajstić information content (AvgIpc) is 2.72. The maximum atomic E-state index is 12.7. The van der Waals surface area contributed by atoms with Gasteiger partial charge in [0, 0.05) is 43.3 Å². The van der Waals surface area contributed by atoms with E-state index in [4.69, 9.17) is 27.9 Å². The number of hydrogen-bond acceptors (Lipinski definition) is 3. The normalized spacial score (nSPS) is 15.7. The first-order valence-electron chi connectivity index (χ1n) is 9.78. The number of carbonyl (C=O) groups excluding carboxylic acids is 1. The summed E-state index contributed by atoms with van der Waals surface area (Å²) < 4.78 is 5.43. The molecule has 0 aromatic heterocycles. The van der Waals surface area contributed by atoms with Gasteiger partial charge in [-0.3, -0.25) is 4.90 Å². The molecule has 2 aromatic rings. The van der Waals surface area contributed by atoms with Crippen molar-refractivity contribution in [1.82, 2.24) is 15.1 Å². The van der Waals surface area contributed by atoms with Gasteiger partial charge >= 0.3 is 6.03 Å². The van der Waals surface area contributed by atoms with Gasteiger partial charge in [-0.2, -0.15) is 0 Å². The fourth-order valence-electron chi connectivity index (χ4n) is 3.40. The summed E-state index contributed by atoms with van der Waals surface area (Å²) in [5.74, 6) is 0. The first-order valence-corrected chi connectivity index (χ1v) is 10.5. The molecular formula is C22H27Cl2N3O2. The highest BCUT2D eigenvalue weighted by Gasteiger charge is 2.20. The van der Waals surface area contributed by atoms with Gasteiger partial charge in [-0.25, -0.2) is 4.79 Å². The fraction of sp³-hybridized carbons (Fsp3) is 0.409. The molecule has 1 fully saturated rings. The van der Waals surface area contributed by atoms with E-state index < -0.39 is 0 Å². The van der Waals surface area contributed by atoms with E-state index in [1.807, 2.05) is 25.1 Å². The number of benzene rings is 2. The highest BCUT2D eigenvalue weighted by molar-refractivity contribution is 6.35. The highest BCUT2D eigenvalue weighted by atomic mass is 35.5. The average molecular weight is 436 g/mol. The third-order valence-electron chi connectivity index (χ3n) is 5.36. The van der Waals surface area contributed by atoms with Crippen LogP contribution in [0.15, 0.2) is 42.5 Å². The number of halogens is 2. The molecular weight excluding hydrogens is 409 g/mol. The van der Waals surface area contributed by atoms with Gasteiger partial charge in [0.2, 0.25) is 0 Å². The molecule has 0 aliphatic carbocycles. The lowest BCUT2D eigenvalue weighted by Crippen LogP contribution is -2.39. The number of nitrogens with one attached hydrogen (secondary N) is 1. The van der Waals surface area contributed by atoms with Crippen LogP contribution in [-0.4, -0.2) is 49.2 Å². The minimum Gasteiger partial charge on any atom is -0.379 e. The van der Waals surface area contributed by atoms with Crippen molar-refractivity contribution >= 4 is 29.2 Å². The molecule has 1 heterocycles. The Morgan fingerprint density at radius 1 is 1.17 bits per heavy atom. The number of carbonyl (C=O) groups is 1. The van der Waals surface area contributed by atoms with Crippen molar-refractivity contribution in [3.05, 3.63) is 69.2 Å². The third kappa shape index (κ3) is 5.86. The summed E-state index contributed by atoms with van der Waals surface area (Å²) in [4.78, 5) is 16.8. The lowest BCUT2D eigenvalue weighted by molar-refractivity contribution is 0.0341. The Kier molecular flexibility index (Phi) is 7.78. The summed E-state index contributed by atoms with van der Waals surface area (Å²) in [6, 6.07) is 13.2. The second kappa shape index (κ2) is 10.3. The van der Waals surface area contributed by atoms with Crippen LogP contribution in [0.1, 0.15) is 29.7 Å². The summed E-state index contributed by atoms with van der Waals surface area (Å²) >= 11 is 12.3. The largest absolute Gasteiger partial charge is 0.379 e. The Morgan fingerprint density at radius 2 is 1.86 bits per heavy atom. The van der Waals surface area contributed by atoms with Crippen molar-refractivity contribution in [2.75, 3.05) is 33.4 Å². The molecule has 0 bridgehead atoms. The maximum Gasteiger partial charge on any atom is 0.317 e. The van der Waals surface area contributed by atoms with Crippen molar-refractivity contribution in [3.8, 4) is 0 Å². The van der Waals surface area contributed by atoms with Crippen LogP contribution >= 0.6 is 23.2 Å². The monoisotopic (exact) mass is 435 g/mol. The van der Waals surface area contributed by atoms with Crippen LogP contribution in [0.3, 0.4) is 0 Å². The van der Waals surface area contributed by atoms with Crippen LogP contribution in [0, 0.1) is 0 Å². The van der Waals surface area contributed by atoms with Crippen molar-refractivity contribution in [2.45, 2.75) is 26.1 Å². The van der Waals surface area contributed by atoms with Crippen LogP contribution in [0.5, 0.6) is 0 Å². The smallest absolute Gasteiger partial charge is 0.317 e. The zero-order chi connectivity index (χ0) is 20.8. The van der Waals surface area contributed by atoms with Crippen molar-refractivity contribution < 1.29 is 9.53 Å². The lowest BCUT2D eigenvalue weighted by atomic mass is 10.1. The SMILES string of the molecule is C[C@@H](c1ccc(Cl)cc1Cl)N(C)C(=O)NCc1ccccc1CN1CCOCC1. The summed E-state index contributed by atoms with van der Waals surface area (Å²) in [5.41, 5.74) is 3.21. The molecule has 0 saturated carbocycles. The summed E-state index contributed by atoms with van der Waals surface area (Å²) in [7, 11) is 1.77. The zero-order valence-corrected chi connectivity index (χ0v) is 18.3. The minimum atomic E-state index is -0.177. The zero-order valence-electron chi connectivity index (χ0n) is 16.8. The van der Waals surface area contributed by atoms with Gasteiger partial charge in [0.1, 0.15) is 0 Å². The Bertz CT molecular complexity index is 841. The maximum absolute atomic E-state index is 12.7. The molecule has 1 saturated heterocycles. The Balaban J connectivity index is 1.61. The van der Waals surface area contributed by atoms with Crippen LogP contribution in [0.4, 0.5) is 4.79 Å². The van der Waals surface area contributed by atoms with Crippen LogP contribution < -0.4 is 5.32 Å². The van der Waals surface area contributed by atoms with Gasteiger partial charge in [0.25, 0.3) is 0 Å². The molecule has 1 N–H and O–H groups in total. The predicted octanol–water partition coefficient (Wildman–Crippen LogP) is 4.73. The molecule has 1 aliphatic rings. The molecule has 1 aliphatic heterocycles. The quantitative estimate of drug-likeness (QED) is 0.712. The van der Waals surface area contributed by atoms with E-state index in [2.05, 4.69) is 22.3 Å². The molecule has 5 nitrogen and oxygen atoms in total. The van der Waals surface area contributed by atoms with E-state index >= 15 is 0 Å². The number of nitrogens with zero attached hydrogens (tertiary/aromatic N) is 2. The van der Waals surface area contributed by atoms with E-state index in [0.29, 0.717) is 16.6 Å². The molecule has 2 aromatic carbocycles. The molecule has 1 atom stereocenters. The van der Waals surface area contributed by atoms with E-state index in [-0.39, 0.29) is 12.1 Å². The second-order valence-electron chi connectivity index (χ2n) is 7.27. The molecule has 0 spiro atoms. The summed E-state index contributed by atoms with van der Waals surface area (Å²) in [5, 5.41) is 4.17. The van der Waals surface area contributed by atoms with E-state index in [9.17, 15) is 4.79 Å². The van der Waals surface area contributed by atoms with E-state index in [1.165, 1.54) is 5.56 Å². The number of urea groups is 1. The van der Waals surface area contributed by atoms with Crippen molar-refractivity contribution in [1.29, 1.82) is 0 Å². The molecule has 0 radical (unpaired) electrons. The summed E-state index contributed by atoms with van der Waals surface area (Å²) in [6.45, 7) is 6.70. The van der Waals surface area contributed by atoms with Crippen LogP contribution in [0.25, 0.3) is 0 Å². The van der Waals surface area contributed by atoms with Gasteiger partial charge in [-0.15, -0.1) is 0 Å². The molecule has 0 unspecified atom stereocenters. The van der Waals surface area contributed by atoms with Crippen LogP contribution in [0.2, 0.25) is 10.0 Å².